The van der Waals surface area contributed by atoms with Crippen molar-refractivity contribution in [2.75, 3.05) is 6.61 Å². The van der Waals surface area contributed by atoms with Gasteiger partial charge in [-0.1, -0.05) is 44.0 Å². The van der Waals surface area contributed by atoms with Gasteiger partial charge < -0.3 is 10.4 Å². The quantitative estimate of drug-likeness (QED) is 0.822. The van der Waals surface area contributed by atoms with Gasteiger partial charge >= 0.3 is 0 Å². The van der Waals surface area contributed by atoms with Gasteiger partial charge in [0.2, 0.25) is 0 Å². The van der Waals surface area contributed by atoms with E-state index in [-0.39, 0.29) is 0 Å². The molecule has 1 fully saturated rings. The van der Waals surface area contributed by atoms with Crippen LogP contribution in [0, 0.1) is 5.92 Å². The van der Waals surface area contributed by atoms with Gasteiger partial charge in [0.1, 0.15) is 0 Å². The Kier molecular flexibility index (Phi) is 5.41. The van der Waals surface area contributed by atoms with Crippen molar-refractivity contribution in [2.24, 2.45) is 5.92 Å². The molecule has 0 radical (unpaired) electrons. The van der Waals surface area contributed by atoms with Crippen LogP contribution in [0.1, 0.15) is 56.7 Å². The third-order valence-corrected chi connectivity index (χ3v) is 4.38. The molecule has 0 bridgehead atoms. The molecule has 2 N–H and O–H groups in total. The molecule has 2 nitrogen and oxygen atoms in total. The summed E-state index contributed by atoms with van der Waals surface area (Å²) in [5, 5.41) is 13.1. The van der Waals surface area contributed by atoms with Gasteiger partial charge in [0.05, 0.1) is 0 Å². The van der Waals surface area contributed by atoms with Crippen molar-refractivity contribution in [3.05, 3.63) is 35.4 Å². The summed E-state index contributed by atoms with van der Waals surface area (Å²) in [6.45, 7) is 4.76. The van der Waals surface area contributed by atoms with E-state index in [2.05, 4.69) is 43.4 Å². The Morgan fingerprint density at radius 3 is 2.63 bits per heavy atom. The smallest absolute Gasteiger partial charge is 0.0474 e. The van der Waals surface area contributed by atoms with Crippen LogP contribution in [-0.2, 0) is 6.42 Å². The zero-order chi connectivity index (χ0) is 13.7. The number of rotatable bonds is 6. The second-order valence-corrected chi connectivity index (χ2v) is 5.86. The molecule has 0 aromatic heterocycles. The lowest BCUT2D eigenvalue weighted by Crippen LogP contribution is -2.35. The van der Waals surface area contributed by atoms with E-state index in [1.807, 2.05) is 0 Å². The van der Waals surface area contributed by atoms with Gasteiger partial charge in [-0.15, -0.1) is 0 Å². The maximum atomic E-state index is 9.38. The zero-order valence-corrected chi connectivity index (χ0v) is 12.2. The predicted molar refractivity (Wildman–Crippen MR) is 80.2 cm³/mol. The molecule has 0 heterocycles. The Hall–Kier alpha value is -0.860. The first-order valence-corrected chi connectivity index (χ1v) is 7.70. The lowest BCUT2D eigenvalue weighted by atomic mass is 10.0. The van der Waals surface area contributed by atoms with Crippen molar-refractivity contribution in [2.45, 2.75) is 58.0 Å². The van der Waals surface area contributed by atoms with Gasteiger partial charge in [-0.25, -0.2) is 0 Å². The molecule has 0 amide bonds. The maximum absolute atomic E-state index is 9.38. The number of hydrogen-bond acceptors (Lipinski definition) is 2. The largest absolute Gasteiger partial charge is 0.396 e. The molecule has 0 spiro atoms. The number of aliphatic hydroxyl groups excluding tert-OH is 1. The molecule has 0 aliphatic heterocycles. The molecule has 2 rings (SSSR count). The lowest BCUT2D eigenvalue weighted by molar-refractivity contribution is 0.200. The van der Waals surface area contributed by atoms with Gasteiger partial charge in [0, 0.05) is 18.7 Å². The van der Waals surface area contributed by atoms with E-state index in [0.29, 0.717) is 24.6 Å². The summed E-state index contributed by atoms with van der Waals surface area (Å²) in [4.78, 5) is 0. The third-order valence-electron chi connectivity index (χ3n) is 4.38. The molecule has 1 aromatic rings. The fraction of sp³-hybridized carbons (Fsp3) is 0.647. The molecule has 1 aliphatic rings. The molecule has 106 valence electrons. The van der Waals surface area contributed by atoms with Crippen LogP contribution in [0.5, 0.6) is 0 Å². The first-order chi connectivity index (χ1) is 9.24. The number of hydrogen-bond donors (Lipinski definition) is 2. The van der Waals surface area contributed by atoms with E-state index in [1.54, 1.807) is 0 Å². The fourth-order valence-electron chi connectivity index (χ4n) is 3.15. The zero-order valence-electron chi connectivity index (χ0n) is 12.2. The average Bonchev–Trinajstić information content (AvgIpc) is 2.87. The van der Waals surface area contributed by atoms with Crippen molar-refractivity contribution < 1.29 is 5.11 Å². The second kappa shape index (κ2) is 7.06. The van der Waals surface area contributed by atoms with Crippen LogP contribution >= 0.6 is 0 Å². The fourth-order valence-corrected chi connectivity index (χ4v) is 3.15. The molecule has 3 unspecified atom stereocenters. The SMILES string of the molecule is CCCc1ccc(C(C)NC2CCCC2CO)cc1. The highest BCUT2D eigenvalue weighted by molar-refractivity contribution is 5.25. The first-order valence-electron chi connectivity index (χ1n) is 7.70. The standard InChI is InChI=1S/C17H27NO/c1-3-5-14-8-10-15(11-9-14)13(2)18-17-7-4-6-16(17)12-19/h8-11,13,16-19H,3-7,12H2,1-2H3. The van der Waals surface area contributed by atoms with Crippen LogP contribution < -0.4 is 5.32 Å². The Morgan fingerprint density at radius 2 is 2.00 bits per heavy atom. The maximum Gasteiger partial charge on any atom is 0.0474 e. The number of benzene rings is 1. The van der Waals surface area contributed by atoms with Crippen LogP contribution in [0.3, 0.4) is 0 Å². The minimum Gasteiger partial charge on any atom is -0.396 e. The topological polar surface area (TPSA) is 32.3 Å². The summed E-state index contributed by atoms with van der Waals surface area (Å²) in [7, 11) is 0. The number of aliphatic hydroxyl groups is 1. The molecule has 1 aliphatic carbocycles. The summed E-state index contributed by atoms with van der Waals surface area (Å²) in [5.41, 5.74) is 2.77. The normalized spacial score (nSPS) is 24.6. The van der Waals surface area contributed by atoms with Crippen LogP contribution in [0.15, 0.2) is 24.3 Å². The molecule has 1 saturated carbocycles. The van der Waals surface area contributed by atoms with Crippen molar-refractivity contribution >= 4 is 0 Å². The van der Waals surface area contributed by atoms with Crippen molar-refractivity contribution in [3.63, 3.8) is 0 Å². The van der Waals surface area contributed by atoms with Crippen LogP contribution in [0.4, 0.5) is 0 Å². The lowest BCUT2D eigenvalue weighted by Gasteiger charge is -2.24. The van der Waals surface area contributed by atoms with Crippen LogP contribution in [0.25, 0.3) is 0 Å². The average molecular weight is 261 g/mol. The molecule has 0 saturated heterocycles. The number of aryl methyl sites for hydroxylation is 1. The Morgan fingerprint density at radius 1 is 1.26 bits per heavy atom. The van der Waals surface area contributed by atoms with E-state index >= 15 is 0 Å². The highest BCUT2D eigenvalue weighted by Crippen LogP contribution is 2.27. The molecule has 2 heteroatoms. The van der Waals surface area contributed by atoms with Gasteiger partial charge in [-0.05, 0) is 43.2 Å². The minimum absolute atomic E-state index is 0.319. The van der Waals surface area contributed by atoms with E-state index in [4.69, 9.17) is 0 Å². The van der Waals surface area contributed by atoms with E-state index in [9.17, 15) is 5.11 Å². The Labute approximate surface area is 117 Å². The summed E-state index contributed by atoms with van der Waals surface area (Å²) in [6.07, 6.45) is 5.97. The Balaban J connectivity index is 1.93. The third kappa shape index (κ3) is 3.80. The predicted octanol–water partition coefficient (Wildman–Crippen LogP) is 3.45. The highest BCUT2D eigenvalue weighted by Gasteiger charge is 2.27. The summed E-state index contributed by atoms with van der Waals surface area (Å²) < 4.78 is 0. The molecule has 3 atom stereocenters. The monoisotopic (exact) mass is 261 g/mol. The van der Waals surface area contributed by atoms with Gasteiger partial charge in [-0.3, -0.25) is 0 Å². The molecule has 1 aromatic carbocycles. The van der Waals surface area contributed by atoms with Gasteiger partial charge in [0.15, 0.2) is 0 Å². The van der Waals surface area contributed by atoms with Crippen molar-refractivity contribution in [3.8, 4) is 0 Å². The van der Waals surface area contributed by atoms with Crippen LogP contribution in [-0.4, -0.2) is 17.8 Å². The Bertz CT molecular complexity index is 373. The molecular weight excluding hydrogens is 234 g/mol. The summed E-state index contributed by atoms with van der Waals surface area (Å²) in [6, 6.07) is 9.82. The summed E-state index contributed by atoms with van der Waals surface area (Å²) in [5.74, 6) is 0.446. The van der Waals surface area contributed by atoms with Gasteiger partial charge in [0.25, 0.3) is 0 Å². The van der Waals surface area contributed by atoms with Crippen molar-refractivity contribution in [1.82, 2.24) is 5.32 Å². The molecular formula is C17H27NO. The summed E-state index contributed by atoms with van der Waals surface area (Å²) >= 11 is 0. The van der Waals surface area contributed by atoms with E-state index in [1.165, 1.54) is 30.4 Å². The van der Waals surface area contributed by atoms with Gasteiger partial charge in [-0.2, -0.15) is 0 Å². The highest BCUT2D eigenvalue weighted by atomic mass is 16.3. The van der Waals surface area contributed by atoms with Crippen molar-refractivity contribution in [1.29, 1.82) is 0 Å². The minimum atomic E-state index is 0.319. The number of nitrogens with one attached hydrogen (secondary N) is 1. The molecule has 19 heavy (non-hydrogen) atoms. The van der Waals surface area contributed by atoms with E-state index < -0.39 is 0 Å². The first kappa shape index (κ1) is 14.5. The second-order valence-electron chi connectivity index (χ2n) is 5.86. The van der Waals surface area contributed by atoms with Crippen LogP contribution in [0.2, 0.25) is 0 Å². The van der Waals surface area contributed by atoms with E-state index in [0.717, 1.165) is 12.8 Å².